The van der Waals surface area contributed by atoms with Gasteiger partial charge in [-0.1, -0.05) is 23.7 Å². The molecule has 0 spiro atoms. The summed E-state index contributed by atoms with van der Waals surface area (Å²) in [4.78, 5) is 13.9. The van der Waals surface area contributed by atoms with Crippen LogP contribution in [0.15, 0.2) is 49.1 Å². The zero-order valence-corrected chi connectivity index (χ0v) is 18.9. The largest absolute Gasteiger partial charge is 0.487 e. The second kappa shape index (κ2) is 9.97. The molecule has 1 aliphatic carbocycles. The minimum absolute atomic E-state index is 0.198. The fourth-order valence-electron chi connectivity index (χ4n) is 4.80. The van der Waals surface area contributed by atoms with Crippen LogP contribution in [-0.4, -0.2) is 35.4 Å². The summed E-state index contributed by atoms with van der Waals surface area (Å²) >= 11 is 6.23. The van der Waals surface area contributed by atoms with Crippen LogP contribution in [0.1, 0.15) is 47.2 Å². The summed E-state index contributed by atoms with van der Waals surface area (Å²) in [5.74, 6) is 0.262. The lowest BCUT2D eigenvalue weighted by molar-refractivity contribution is 0.0465. The van der Waals surface area contributed by atoms with Crippen molar-refractivity contribution in [3.8, 4) is 5.75 Å². The van der Waals surface area contributed by atoms with Crippen molar-refractivity contribution in [1.29, 1.82) is 0 Å². The second-order valence-corrected chi connectivity index (χ2v) is 9.26. The van der Waals surface area contributed by atoms with Crippen LogP contribution in [0.5, 0.6) is 5.75 Å². The van der Waals surface area contributed by atoms with Gasteiger partial charge in [-0.2, -0.15) is 0 Å². The Kier molecular flexibility index (Phi) is 7.07. The van der Waals surface area contributed by atoms with Crippen molar-refractivity contribution >= 4 is 23.3 Å². The Bertz CT molecular complexity index is 992. The van der Waals surface area contributed by atoms with Crippen molar-refractivity contribution in [1.82, 2.24) is 0 Å². The molecule has 0 unspecified atom stereocenters. The topological polar surface area (TPSA) is 70.0 Å². The van der Waals surface area contributed by atoms with Gasteiger partial charge in [0.15, 0.2) is 0 Å². The first-order valence-corrected chi connectivity index (χ1v) is 11.7. The van der Waals surface area contributed by atoms with Gasteiger partial charge in [-0.05, 0) is 85.4 Å². The minimum Gasteiger partial charge on any atom is -0.487 e. The number of hydrogen-bond donors (Lipinski definition) is 2. The Morgan fingerprint density at radius 2 is 2.06 bits per heavy atom. The summed E-state index contributed by atoms with van der Waals surface area (Å²) in [6, 6.07) is 11.0. The van der Waals surface area contributed by atoms with Gasteiger partial charge in [0.05, 0.1) is 17.4 Å². The highest BCUT2D eigenvalue weighted by Crippen LogP contribution is 2.40. The molecule has 1 saturated carbocycles. The molecule has 4 rings (SSSR count). The third-order valence-corrected chi connectivity index (χ3v) is 7.07. The van der Waals surface area contributed by atoms with E-state index < -0.39 is 12.1 Å². The van der Waals surface area contributed by atoms with E-state index in [0.717, 1.165) is 61.5 Å². The molecule has 2 aromatic rings. The van der Waals surface area contributed by atoms with Crippen LogP contribution in [0.2, 0.25) is 5.02 Å². The number of hydrogen-bond acceptors (Lipinski definition) is 4. The molecule has 170 valence electrons. The van der Waals surface area contributed by atoms with E-state index in [1.807, 2.05) is 18.2 Å². The molecule has 0 amide bonds. The Balaban J connectivity index is 1.65. The number of fused-ring (bicyclic) bond motifs is 2. The number of aliphatic hydroxyl groups excluding tert-OH is 1. The number of aromatic carboxylic acids is 1. The van der Waals surface area contributed by atoms with Gasteiger partial charge in [-0.15, -0.1) is 6.58 Å². The zero-order chi connectivity index (χ0) is 22.7. The van der Waals surface area contributed by atoms with E-state index in [0.29, 0.717) is 18.3 Å². The number of benzene rings is 2. The zero-order valence-electron chi connectivity index (χ0n) is 18.2. The summed E-state index contributed by atoms with van der Waals surface area (Å²) in [5, 5.41) is 20.6. The molecule has 0 saturated heterocycles. The first kappa shape index (κ1) is 22.7. The predicted molar refractivity (Wildman–Crippen MR) is 127 cm³/mol. The number of carboxylic acid groups (broad SMARTS) is 1. The number of carboxylic acids is 1. The summed E-state index contributed by atoms with van der Waals surface area (Å²) in [6.07, 6.45) is 6.03. The second-order valence-electron chi connectivity index (χ2n) is 8.82. The van der Waals surface area contributed by atoms with Crippen LogP contribution in [0, 0.1) is 11.8 Å². The maximum atomic E-state index is 11.7. The van der Waals surface area contributed by atoms with Gasteiger partial charge in [0.1, 0.15) is 12.4 Å². The Labute approximate surface area is 194 Å². The van der Waals surface area contributed by atoms with Gasteiger partial charge in [0.2, 0.25) is 0 Å². The number of nitrogens with zero attached hydrogens (tertiary/aromatic N) is 1. The van der Waals surface area contributed by atoms with Crippen molar-refractivity contribution in [3.63, 3.8) is 0 Å². The average Bonchev–Trinajstić information content (AvgIpc) is 2.79. The number of ether oxygens (including phenoxy) is 1. The molecule has 6 heteroatoms. The number of carbonyl (C=O) groups is 1. The summed E-state index contributed by atoms with van der Waals surface area (Å²) in [7, 11) is 0. The van der Waals surface area contributed by atoms with Gasteiger partial charge in [0, 0.05) is 18.1 Å². The van der Waals surface area contributed by atoms with Crippen molar-refractivity contribution in [2.45, 2.75) is 44.8 Å². The van der Waals surface area contributed by atoms with Crippen LogP contribution in [0.25, 0.3) is 0 Å². The van der Waals surface area contributed by atoms with E-state index in [9.17, 15) is 15.0 Å². The molecule has 0 bridgehead atoms. The fraction of sp³-hybridized carbons (Fsp3) is 0.423. The predicted octanol–water partition coefficient (Wildman–Crippen LogP) is 5.33. The lowest BCUT2D eigenvalue weighted by Gasteiger charge is -2.42. The van der Waals surface area contributed by atoms with Crippen molar-refractivity contribution in [2.24, 2.45) is 11.8 Å². The molecule has 2 N–H and O–H groups in total. The number of anilines is 1. The van der Waals surface area contributed by atoms with Gasteiger partial charge < -0.3 is 19.8 Å². The minimum atomic E-state index is -0.953. The molecule has 2 aromatic carbocycles. The molecule has 5 nitrogen and oxygen atoms in total. The van der Waals surface area contributed by atoms with Crippen LogP contribution >= 0.6 is 11.6 Å². The standard InChI is InChI=1S/C26H30ClNO4/c1-2-24(29)22-10-7-19(22)15-28-12-4-3-5-17-13-21(27)9-6-20(17)16-32-25-11-8-18(26(30)31)14-23(25)28/h2,6,8-9,11,13-14,19,22,24,29H,1,3-5,7,10,12,15-16H2,(H,30,31)/t19-,22+,24-/m0/s1. The third-order valence-electron chi connectivity index (χ3n) is 6.83. The average molecular weight is 456 g/mol. The van der Waals surface area contributed by atoms with E-state index >= 15 is 0 Å². The highest BCUT2D eigenvalue weighted by atomic mass is 35.5. The summed E-state index contributed by atoms with van der Waals surface area (Å²) in [5.41, 5.74) is 3.35. The first-order valence-electron chi connectivity index (χ1n) is 11.3. The van der Waals surface area contributed by atoms with Gasteiger partial charge in [0.25, 0.3) is 0 Å². The maximum absolute atomic E-state index is 11.7. The van der Waals surface area contributed by atoms with Gasteiger partial charge in [-0.3, -0.25) is 0 Å². The van der Waals surface area contributed by atoms with Crippen molar-refractivity contribution in [3.05, 3.63) is 70.8 Å². The van der Waals surface area contributed by atoms with E-state index in [2.05, 4.69) is 11.5 Å². The van der Waals surface area contributed by atoms with Gasteiger partial charge >= 0.3 is 5.97 Å². The van der Waals surface area contributed by atoms with E-state index in [-0.39, 0.29) is 11.5 Å². The molecular formula is C26H30ClNO4. The molecule has 32 heavy (non-hydrogen) atoms. The van der Waals surface area contributed by atoms with Crippen LogP contribution in [0.4, 0.5) is 5.69 Å². The summed E-state index contributed by atoms with van der Waals surface area (Å²) in [6.45, 7) is 5.70. The Hall–Kier alpha value is -2.50. The molecule has 1 fully saturated rings. The first-order chi connectivity index (χ1) is 15.5. The van der Waals surface area contributed by atoms with E-state index in [4.69, 9.17) is 16.3 Å². The number of aryl methyl sites for hydroxylation is 1. The van der Waals surface area contributed by atoms with Crippen molar-refractivity contribution < 1.29 is 19.7 Å². The smallest absolute Gasteiger partial charge is 0.335 e. The lowest BCUT2D eigenvalue weighted by atomic mass is 9.70. The SMILES string of the molecule is C=C[C@H](O)[C@@H]1CC[C@H]1CN1CCCCc2cc(Cl)ccc2COc2ccc(C(=O)O)cc21. The number of aliphatic hydroxyl groups is 1. The molecular weight excluding hydrogens is 426 g/mol. The van der Waals surface area contributed by atoms with Gasteiger partial charge in [-0.25, -0.2) is 4.79 Å². The lowest BCUT2D eigenvalue weighted by Crippen LogP contribution is -2.43. The molecule has 1 heterocycles. The highest BCUT2D eigenvalue weighted by Gasteiger charge is 2.36. The van der Waals surface area contributed by atoms with Crippen LogP contribution < -0.4 is 9.64 Å². The molecule has 1 aliphatic heterocycles. The maximum Gasteiger partial charge on any atom is 0.335 e. The fourth-order valence-corrected chi connectivity index (χ4v) is 5.00. The van der Waals surface area contributed by atoms with E-state index in [1.165, 1.54) is 5.56 Å². The molecule has 2 aliphatic rings. The van der Waals surface area contributed by atoms with Crippen molar-refractivity contribution in [2.75, 3.05) is 18.0 Å². The molecule has 3 atom stereocenters. The quantitative estimate of drug-likeness (QED) is 0.596. The third kappa shape index (κ3) is 4.94. The molecule has 0 aromatic heterocycles. The number of halogens is 1. The number of rotatable bonds is 5. The summed E-state index contributed by atoms with van der Waals surface area (Å²) < 4.78 is 6.24. The Morgan fingerprint density at radius 3 is 2.78 bits per heavy atom. The van der Waals surface area contributed by atoms with E-state index in [1.54, 1.807) is 24.3 Å². The molecule has 0 radical (unpaired) electrons. The van der Waals surface area contributed by atoms with Crippen LogP contribution in [0.3, 0.4) is 0 Å². The Morgan fingerprint density at radius 1 is 1.22 bits per heavy atom. The highest BCUT2D eigenvalue weighted by molar-refractivity contribution is 6.30. The monoisotopic (exact) mass is 455 g/mol. The van der Waals surface area contributed by atoms with Crippen LogP contribution in [-0.2, 0) is 13.0 Å². The normalized spacial score (nSPS) is 21.8.